The van der Waals surface area contributed by atoms with Crippen LogP contribution in [-0.4, -0.2) is 23.4 Å². The Labute approximate surface area is 85.1 Å². The van der Waals surface area contributed by atoms with Crippen LogP contribution in [0.5, 0.6) is 0 Å². The highest BCUT2D eigenvalue weighted by Gasteiger charge is 2.16. The third-order valence-corrected chi connectivity index (χ3v) is 1.62. The Kier molecular flexibility index (Phi) is 5.72. The maximum Gasteiger partial charge on any atom is 0.306 e. The lowest BCUT2D eigenvalue weighted by Gasteiger charge is -2.19. The van der Waals surface area contributed by atoms with Gasteiger partial charge in [0.15, 0.2) is 0 Å². The second kappa shape index (κ2) is 5.98. The molecule has 84 valence electrons. The van der Waals surface area contributed by atoms with Crippen LogP contribution in [0.15, 0.2) is 0 Å². The average Bonchev–Trinajstić information content (AvgIpc) is 1.98. The standard InChI is InChI=1S/C10H20O4/c1-8(7-13-12)5-6-9(11)14-10(2,3)4/h8,12H,5-7H2,1-4H3. The normalized spacial score (nSPS) is 13.8. The average molecular weight is 204 g/mol. The fraction of sp³-hybridized carbons (Fsp3) is 0.900. The molecule has 4 heteroatoms. The van der Waals surface area contributed by atoms with Gasteiger partial charge in [0, 0.05) is 6.42 Å². The van der Waals surface area contributed by atoms with E-state index >= 15 is 0 Å². The first-order chi connectivity index (χ1) is 6.35. The van der Waals surface area contributed by atoms with Crippen LogP contribution in [0.25, 0.3) is 0 Å². The van der Waals surface area contributed by atoms with E-state index in [1.165, 1.54) is 0 Å². The van der Waals surface area contributed by atoms with Gasteiger partial charge in [-0.25, -0.2) is 4.89 Å². The van der Waals surface area contributed by atoms with Gasteiger partial charge in [0.05, 0.1) is 6.61 Å². The molecule has 0 aliphatic carbocycles. The molecule has 4 nitrogen and oxygen atoms in total. The SMILES string of the molecule is CC(CCC(=O)OC(C)(C)C)COO. The van der Waals surface area contributed by atoms with Crippen molar-refractivity contribution in [2.24, 2.45) is 5.92 Å². The maximum atomic E-state index is 11.2. The fourth-order valence-electron chi connectivity index (χ4n) is 0.967. The Bertz CT molecular complexity index is 171. The molecule has 0 spiro atoms. The van der Waals surface area contributed by atoms with E-state index in [9.17, 15) is 4.79 Å². The first kappa shape index (κ1) is 13.4. The van der Waals surface area contributed by atoms with Crippen molar-refractivity contribution in [2.75, 3.05) is 6.61 Å². The second-order valence-electron chi connectivity index (χ2n) is 4.53. The predicted molar refractivity (Wildman–Crippen MR) is 52.8 cm³/mol. The minimum Gasteiger partial charge on any atom is -0.460 e. The lowest BCUT2D eigenvalue weighted by Crippen LogP contribution is -2.24. The summed E-state index contributed by atoms with van der Waals surface area (Å²) in [5.41, 5.74) is -0.423. The molecule has 0 saturated heterocycles. The van der Waals surface area contributed by atoms with Crippen molar-refractivity contribution in [1.29, 1.82) is 0 Å². The molecule has 0 fully saturated rings. The van der Waals surface area contributed by atoms with Crippen molar-refractivity contribution in [1.82, 2.24) is 0 Å². The van der Waals surface area contributed by atoms with Crippen molar-refractivity contribution < 1.29 is 19.7 Å². The Morgan fingerprint density at radius 1 is 1.43 bits per heavy atom. The molecule has 0 aliphatic rings. The molecule has 1 unspecified atom stereocenters. The summed E-state index contributed by atoms with van der Waals surface area (Å²) in [4.78, 5) is 15.2. The highest BCUT2D eigenvalue weighted by Crippen LogP contribution is 2.12. The van der Waals surface area contributed by atoms with E-state index in [1.54, 1.807) is 0 Å². The molecule has 0 radical (unpaired) electrons. The zero-order valence-corrected chi connectivity index (χ0v) is 9.37. The van der Waals surface area contributed by atoms with E-state index < -0.39 is 5.60 Å². The predicted octanol–water partition coefficient (Wildman–Crippen LogP) is 2.23. The van der Waals surface area contributed by atoms with Crippen LogP contribution in [0, 0.1) is 5.92 Å². The van der Waals surface area contributed by atoms with Crippen molar-refractivity contribution in [3.05, 3.63) is 0 Å². The lowest BCUT2D eigenvalue weighted by atomic mass is 10.1. The second-order valence-corrected chi connectivity index (χ2v) is 4.53. The quantitative estimate of drug-likeness (QED) is 0.424. The van der Waals surface area contributed by atoms with E-state index in [4.69, 9.17) is 9.99 Å². The van der Waals surface area contributed by atoms with Crippen LogP contribution in [-0.2, 0) is 14.4 Å². The monoisotopic (exact) mass is 204 g/mol. The van der Waals surface area contributed by atoms with Crippen LogP contribution in [0.4, 0.5) is 0 Å². The summed E-state index contributed by atoms with van der Waals surface area (Å²) in [5.74, 6) is -0.0465. The van der Waals surface area contributed by atoms with E-state index in [2.05, 4.69) is 4.89 Å². The molecule has 0 aromatic carbocycles. The fourth-order valence-corrected chi connectivity index (χ4v) is 0.967. The molecule has 0 aliphatic heterocycles. The number of carbonyl (C=O) groups is 1. The third-order valence-electron chi connectivity index (χ3n) is 1.62. The minimum absolute atomic E-state index is 0.160. The summed E-state index contributed by atoms with van der Waals surface area (Å²) in [6.45, 7) is 7.67. The molecule has 1 N–H and O–H groups in total. The van der Waals surface area contributed by atoms with Crippen molar-refractivity contribution in [2.45, 2.75) is 46.1 Å². The van der Waals surface area contributed by atoms with Gasteiger partial charge in [-0.3, -0.25) is 10.1 Å². The molecule has 0 heterocycles. The molecule has 0 bridgehead atoms. The molecule has 0 aromatic heterocycles. The molecule has 14 heavy (non-hydrogen) atoms. The summed E-state index contributed by atoms with van der Waals surface area (Å²) >= 11 is 0. The summed E-state index contributed by atoms with van der Waals surface area (Å²) in [6.07, 6.45) is 1.03. The Morgan fingerprint density at radius 3 is 2.43 bits per heavy atom. The van der Waals surface area contributed by atoms with E-state index in [0.717, 1.165) is 0 Å². The van der Waals surface area contributed by atoms with Crippen molar-refractivity contribution in [3.8, 4) is 0 Å². The maximum absolute atomic E-state index is 11.2. The van der Waals surface area contributed by atoms with Gasteiger partial charge in [-0.05, 0) is 33.1 Å². The number of hydrogen-bond donors (Lipinski definition) is 1. The molecule has 1 atom stereocenters. The largest absolute Gasteiger partial charge is 0.460 e. The molecular formula is C10H20O4. The van der Waals surface area contributed by atoms with Crippen molar-refractivity contribution >= 4 is 5.97 Å². The Balaban J connectivity index is 3.64. The van der Waals surface area contributed by atoms with E-state index in [-0.39, 0.29) is 18.5 Å². The van der Waals surface area contributed by atoms with Gasteiger partial charge in [-0.1, -0.05) is 6.92 Å². The minimum atomic E-state index is -0.423. The third kappa shape index (κ3) is 8.01. The topological polar surface area (TPSA) is 55.8 Å². The molecular weight excluding hydrogens is 184 g/mol. The molecule has 0 aromatic rings. The van der Waals surface area contributed by atoms with Crippen LogP contribution in [0.1, 0.15) is 40.5 Å². The van der Waals surface area contributed by atoms with E-state index in [0.29, 0.717) is 12.8 Å². The first-order valence-corrected chi connectivity index (χ1v) is 4.83. The van der Waals surface area contributed by atoms with Gasteiger partial charge >= 0.3 is 5.97 Å². The zero-order valence-electron chi connectivity index (χ0n) is 9.37. The highest BCUT2D eigenvalue weighted by molar-refractivity contribution is 5.69. The Morgan fingerprint density at radius 2 is 2.00 bits per heavy atom. The van der Waals surface area contributed by atoms with Crippen LogP contribution < -0.4 is 0 Å². The summed E-state index contributed by atoms with van der Waals surface area (Å²) in [6, 6.07) is 0. The van der Waals surface area contributed by atoms with Gasteiger partial charge in [-0.15, -0.1) is 0 Å². The number of ether oxygens (including phenoxy) is 1. The van der Waals surface area contributed by atoms with Gasteiger partial charge in [0.1, 0.15) is 5.60 Å². The number of carbonyl (C=O) groups excluding carboxylic acids is 1. The number of hydrogen-bond acceptors (Lipinski definition) is 4. The van der Waals surface area contributed by atoms with Gasteiger partial charge in [0.25, 0.3) is 0 Å². The van der Waals surface area contributed by atoms with E-state index in [1.807, 2.05) is 27.7 Å². The Hall–Kier alpha value is -0.610. The highest BCUT2D eigenvalue weighted by atomic mass is 17.1. The summed E-state index contributed by atoms with van der Waals surface area (Å²) < 4.78 is 5.12. The van der Waals surface area contributed by atoms with Crippen LogP contribution >= 0.6 is 0 Å². The number of esters is 1. The lowest BCUT2D eigenvalue weighted by molar-refractivity contribution is -0.250. The first-order valence-electron chi connectivity index (χ1n) is 4.83. The molecule has 0 saturated carbocycles. The molecule has 0 rings (SSSR count). The van der Waals surface area contributed by atoms with Gasteiger partial charge in [-0.2, -0.15) is 0 Å². The summed E-state index contributed by atoms with van der Waals surface area (Å²) in [5, 5.41) is 8.17. The zero-order chi connectivity index (χ0) is 11.2. The van der Waals surface area contributed by atoms with Crippen LogP contribution in [0.2, 0.25) is 0 Å². The van der Waals surface area contributed by atoms with Crippen LogP contribution in [0.3, 0.4) is 0 Å². The van der Waals surface area contributed by atoms with Gasteiger partial charge < -0.3 is 4.74 Å². The van der Waals surface area contributed by atoms with Crippen molar-refractivity contribution in [3.63, 3.8) is 0 Å². The van der Waals surface area contributed by atoms with Gasteiger partial charge in [0.2, 0.25) is 0 Å². The molecule has 0 amide bonds. The number of rotatable bonds is 5. The summed E-state index contributed by atoms with van der Waals surface area (Å²) in [7, 11) is 0. The smallest absolute Gasteiger partial charge is 0.306 e.